The van der Waals surface area contributed by atoms with Crippen LogP contribution in [0.2, 0.25) is 0 Å². The number of hydrogen-bond acceptors (Lipinski definition) is 4. The van der Waals surface area contributed by atoms with E-state index in [1.165, 1.54) is 0 Å². The Hall–Kier alpha value is -3.35. The monoisotopic (exact) mass is 383 g/mol. The van der Waals surface area contributed by atoms with Crippen LogP contribution in [0.3, 0.4) is 0 Å². The molecule has 0 fully saturated rings. The molecule has 7 nitrogen and oxygen atoms in total. The highest BCUT2D eigenvalue weighted by atomic mass is 16.6. The molecule has 0 unspecified atom stereocenters. The molecule has 0 atom stereocenters. The first kappa shape index (κ1) is 21.0. The van der Waals surface area contributed by atoms with Crippen molar-refractivity contribution in [3.8, 4) is 0 Å². The van der Waals surface area contributed by atoms with E-state index in [9.17, 15) is 14.4 Å². The Morgan fingerprint density at radius 3 is 2.18 bits per heavy atom. The molecule has 0 aliphatic heterocycles. The van der Waals surface area contributed by atoms with Gasteiger partial charge in [0.2, 0.25) is 5.91 Å². The van der Waals surface area contributed by atoms with Gasteiger partial charge in [-0.2, -0.15) is 0 Å². The molecule has 0 aliphatic rings. The van der Waals surface area contributed by atoms with Gasteiger partial charge in [-0.3, -0.25) is 9.59 Å². The average molecular weight is 383 g/mol. The highest BCUT2D eigenvalue weighted by Gasteiger charge is 2.16. The molecule has 7 heteroatoms. The van der Waals surface area contributed by atoms with E-state index in [0.29, 0.717) is 16.9 Å². The average Bonchev–Trinajstić information content (AvgIpc) is 2.61. The van der Waals surface area contributed by atoms with Crippen LogP contribution in [-0.2, 0) is 9.53 Å². The third-order valence-electron chi connectivity index (χ3n) is 3.46. The standard InChI is InChI=1S/C21H25N3O4/c1-21(2,3)28-20(27)22-13-12-18(25)23-16-10-7-11-17(14-16)24-19(26)15-8-5-4-6-9-15/h4-11,14H,12-13H2,1-3H3,(H,22,27)(H,23,25)(H,24,26). The number of alkyl carbamates (subject to hydrolysis) is 1. The Morgan fingerprint density at radius 1 is 0.893 bits per heavy atom. The van der Waals surface area contributed by atoms with Gasteiger partial charge in [-0.25, -0.2) is 4.79 Å². The molecule has 0 aromatic heterocycles. The molecular weight excluding hydrogens is 358 g/mol. The minimum Gasteiger partial charge on any atom is -0.444 e. The summed E-state index contributed by atoms with van der Waals surface area (Å²) in [6.07, 6.45) is -0.467. The second-order valence-corrected chi connectivity index (χ2v) is 7.13. The Bertz CT molecular complexity index is 829. The van der Waals surface area contributed by atoms with Gasteiger partial charge in [0.25, 0.3) is 5.91 Å². The third-order valence-corrected chi connectivity index (χ3v) is 3.46. The second-order valence-electron chi connectivity index (χ2n) is 7.13. The van der Waals surface area contributed by atoms with Crippen LogP contribution in [0.1, 0.15) is 37.6 Å². The highest BCUT2D eigenvalue weighted by molar-refractivity contribution is 6.04. The van der Waals surface area contributed by atoms with Crippen molar-refractivity contribution < 1.29 is 19.1 Å². The van der Waals surface area contributed by atoms with Crippen molar-refractivity contribution in [1.29, 1.82) is 0 Å². The summed E-state index contributed by atoms with van der Waals surface area (Å²) in [4.78, 5) is 35.8. The number of carbonyl (C=O) groups excluding carboxylic acids is 3. The third kappa shape index (κ3) is 7.49. The molecule has 2 aromatic carbocycles. The second kappa shape index (κ2) is 9.55. The Balaban J connectivity index is 1.82. The number of amides is 3. The minimum atomic E-state index is -0.586. The number of hydrogen-bond donors (Lipinski definition) is 3. The molecule has 0 bridgehead atoms. The number of carbonyl (C=O) groups is 3. The summed E-state index contributed by atoms with van der Waals surface area (Å²) in [6, 6.07) is 15.7. The van der Waals surface area contributed by atoms with Crippen molar-refractivity contribution in [2.75, 3.05) is 17.2 Å². The van der Waals surface area contributed by atoms with E-state index < -0.39 is 11.7 Å². The molecule has 2 aromatic rings. The van der Waals surface area contributed by atoms with Crippen LogP contribution < -0.4 is 16.0 Å². The lowest BCUT2D eigenvalue weighted by Crippen LogP contribution is -2.34. The van der Waals surface area contributed by atoms with E-state index in [0.717, 1.165) is 0 Å². The Labute approximate surface area is 164 Å². The largest absolute Gasteiger partial charge is 0.444 e. The molecule has 3 amide bonds. The molecule has 0 radical (unpaired) electrons. The molecular formula is C21H25N3O4. The van der Waals surface area contributed by atoms with Crippen LogP contribution >= 0.6 is 0 Å². The zero-order valence-electron chi connectivity index (χ0n) is 16.2. The summed E-state index contributed by atoms with van der Waals surface area (Å²) >= 11 is 0. The van der Waals surface area contributed by atoms with Crippen LogP contribution in [0.15, 0.2) is 54.6 Å². The van der Waals surface area contributed by atoms with Gasteiger partial charge >= 0.3 is 6.09 Å². The number of anilines is 2. The molecule has 0 saturated heterocycles. The summed E-state index contributed by atoms with van der Waals surface area (Å²) in [7, 11) is 0. The molecule has 148 valence electrons. The predicted octanol–water partition coefficient (Wildman–Crippen LogP) is 3.79. The SMILES string of the molecule is CC(C)(C)OC(=O)NCCC(=O)Nc1cccc(NC(=O)c2ccccc2)c1. The van der Waals surface area contributed by atoms with E-state index in [4.69, 9.17) is 4.74 Å². The zero-order chi connectivity index (χ0) is 20.6. The van der Waals surface area contributed by atoms with Gasteiger partial charge in [0.1, 0.15) is 5.60 Å². The number of nitrogens with one attached hydrogen (secondary N) is 3. The van der Waals surface area contributed by atoms with Crippen LogP contribution in [0.25, 0.3) is 0 Å². The van der Waals surface area contributed by atoms with Crippen molar-refractivity contribution in [1.82, 2.24) is 5.32 Å². The maximum atomic E-state index is 12.2. The van der Waals surface area contributed by atoms with Crippen LogP contribution in [0, 0.1) is 0 Å². The minimum absolute atomic E-state index is 0.0971. The fraction of sp³-hybridized carbons (Fsp3) is 0.286. The first-order valence-electron chi connectivity index (χ1n) is 8.96. The summed E-state index contributed by atoms with van der Waals surface area (Å²) in [6.45, 7) is 5.46. The quantitative estimate of drug-likeness (QED) is 0.707. The van der Waals surface area contributed by atoms with Gasteiger partial charge in [0, 0.05) is 29.9 Å². The fourth-order valence-corrected chi connectivity index (χ4v) is 2.28. The maximum Gasteiger partial charge on any atom is 0.407 e. The lowest BCUT2D eigenvalue weighted by atomic mass is 10.2. The van der Waals surface area contributed by atoms with Crippen molar-refractivity contribution in [2.24, 2.45) is 0 Å². The first-order valence-corrected chi connectivity index (χ1v) is 8.96. The summed E-state index contributed by atoms with van der Waals surface area (Å²) in [5, 5.41) is 8.06. The van der Waals surface area contributed by atoms with Crippen LogP contribution in [0.4, 0.5) is 16.2 Å². The van der Waals surface area contributed by atoms with Gasteiger partial charge in [0.15, 0.2) is 0 Å². The Kier molecular flexibility index (Phi) is 7.14. The lowest BCUT2D eigenvalue weighted by molar-refractivity contribution is -0.116. The van der Waals surface area contributed by atoms with E-state index >= 15 is 0 Å². The summed E-state index contributed by atoms with van der Waals surface area (Å²) in [5.74, 6) is -0.492. The van der Waals surface area contributed by atoms with Gasteiger partial charge in [-0.1, -0.05) is 24.3 Å². The topological polar surface area (TPSA) is 96.5 Å². The van der Waals surface area contributed by atoms with Crippen molar-refractivity contribution in [3.05, 3.63) is 60.2 Å². The predicted molar refractivity (Wildman–Crippen MR) is 108 cm³/mol. The molecule has 3 N–H and O–H groups in total. The molecule has 0 saturated carbocycles. The van der Waals surface area contributed by atoms with E-state index in [-0.39, 0.29) is 24.8 Å². The van der Waals surface area contributed by atoms with Crippen molar-refractivity contribution in [2.45, 2.75) is 32.8 Å². The van der Waals surface area contributed by atoms with Crippen LogP contribution in [0.5, 0.6) is 0 Å². The van der Waals surface area contributed by atoms with E-state index in [1.807, 2.05) is 6.07 Å². The molecule has 0 spiro atoms. The number of rotatable bonds is 6. The smallest absolute Gasteiger partial charge is 0.407 e. The number of ether oxygens (including phenoxy) is 1. The fourth-order valence-electron chi connectivity index (χ4n) is 2.28. The van der Waals surface area contributed by atoms with Crippen molar-refractivity contribution in [3.63, 3.8) is 0 Å². The molecule has 0 aliphatic carbocycles. The summed E-state index contributed by atoms with van der Waals surface area (Å²) in [5.41, 5.74) is 1.08. The maximum absolute atomic E-state index is 12.2. The lowest BCUT2D eigenvalue weighted by Gasteiger charge is -2.19. The van der Waals surface area contributed by atoms with Gasteiger partial charge in [-0.05, 0) is 51.1 Å². The van der Waals surface area contributed by atoms with Crippen LogP contribution in [-0.4, -0.2) is 30.1 Å². The van der Waals surface area contributed by atoms with E-state index in [2.05, 4.69) is 16.0 Å². The van der Waals surface area contributed by atoms with Gasteiger partial charge in [-0.15, -0.1) is 0 Å². The van der Waals surface area contributed by atoms with Gasteiger partial charge in [0.05, 0.1) is 0 Å². The molecule has 2 rings (SSSR count). The van der Waals surface area contributed by atoms with Gasteiger partial charge < -0.3 is 20.7 Å². The zero-order valence-corrected chi connectivity index (χ0v) is 16.2. The summed E-state index contributed by atoms with van der Waals surface area (Å²) < 4.78 is 5.11. The van der Waals surface area contributed by atoms with Crippen molar-refractivity contribution >= 4 is 29.3 Å². The molecule has 0 heterocycles. The molecule has 28 heavy (non-hydrogen) atoms. The Morgan fingerprint density at radius 2 is 1.54 bits per heavy atom. The normalized spacial score (nSPS) is 10.7. The number of benzene rings is 2. The first-order chi connectivity index (χ1) is 13.2. The highest BCUT2D eigenvalue weighted by Crippen LogP contribution is 2.16. The van der Waals surface area contributed by atoms with E-state index in [1.54, 1.807) is 69.3 Å².